The van der Waals surface area contributed by atoms with Crippen LogP contribution in [0.4, 0.5) is 0 Å². The summed E-state index contributed by atoms with van der Waals surface area (Å²) in [4.78, 5) is 25.6. The Bertz CT molecular complexity index is 338. The van der Waals surface area contributed by atoms with Crippen LogP contribution in [-0.2, 0) is 14.3 Å². The second-order valence-electron chi connectivity index (χ2n) is 5.43. The lowest BCUT2D eigenvalue weighted by atomic mass is 10.1. The van der Waals surface area contributed by atoms with Gasteiger partial charge in [0, 0.05) is 25.6 Å². The van der Waals surface area contributed by atoms with E-state index in [9.17, 15) is 9.59 Å². The van der Waals surface area contributed by atoms with E-state index in [0.29, 0.717) is 38.6 Å². The minimum Gasteiger partial charge on any atom is -0.378 e. The van der Waals surface area contributed by atoms with Gasteiger partial charge in [0.1, 0.15) is 6.04 Å². The van der Waals surface area contributed by atoms with Gasteiger partial charge in [-0.2, -0.15) is 0 Å². The molecule has 1 aliphatic carbocycles. The first kappa shape index (κ1) is 14.3. The molecule has 2 rings (SSSR count). The fourth-order valence-corrected chi connectivity index (χ4v) is 2.32. The summed E-state index contributed by atoms with van der Waals surface area (Å²) in [6.07, 6.45) is 2.55. The summed E-state index contributed by atoms with van der Waals surface area (Å²) in [6.45, 7) is 4.05. The average Bonchev–Trinajstić information content (AvgIpc) is 3.22. The van der Waals surface area contributed by atoms with Crippen LogP contribution in [0.3, 0.4) is 0 Å². The highest BCUT2D eigenvalue weighted by Crippen LogP contribution is 2.32. The van der Waals surface area contributed by atoms with Crippen molar-refractivity contribution in [1.29, 1.82) is 0 Å². The summed E-state index contributed by atoms with van der Waals surface area (Å²) >= 11 is 0. The molecular weight excluding hydrogens is 246 g/mol. The van der Waals surface area contributed by atoms with Gasteiger partial charge >= 0.3 is 0 Å². The molecule has 2 atom stereocenters. The zero-order valence-corrected chi connectivity index (χ0v) is 11.4. The Balaban J connectivity index is 1.73. The minimum atomic E-state index is -0.489. The van der Waals surface area contributed by atoms with Crippen LogP contribution in [0, 0.1) is 5.92 Å². The molecular formula is C13H23N3O3. The molecule has 0 aromatic carbocycles. The Labute approximate surface area is 113 Å². The van der Waals surface area contributed by atoms with E-state index in [2.05, 4.69) is 5.32 Å². The van der Waals surface area contributed by atoms with Crippen LogP contribution >= 0.6 is 0 Å². The van der Waals surface area contributed by atoms with E-state index >= 15 is 0 Å². The highest BCUT2D eigenvalue weighted by atomic mass is 16.5. The van der Waals surface area contributed by atoms with Crippen molar-refractivity contribution in [3.63, 3.8) is 0 Å². The van der Waals surface area contributed by atoms with Crippen molar-refractivity contribution in [2.24, 2.45) is 11.7 Å². The molecule has 2 amide bonds. The number of nitrogens with zero attached hydrogens (tertiary/aromatic N) is 1. The van der Waals surface area contributed by atoms with Crippen LogP contribution in [0.5, 0.6) is 0 Å². The number of amides is 2. The predicted octanol–water partition coefficient (Wildman–Crippen LogP) is -0.523. The molecule has 0 aromatic heterocycles. The van der Waals surface area contributed by atoms with Crippen LogP contribution in [0.25, 0.3) is 0 Å². The van der Waals surface area contributed by atoms with Gasteiger partial charge in [-0.05, 0) is 25.7 Å². The molecule has 6 heteroatoms. The van der Waals surface area contributed by atoms with Gasteiger partial charge < -0.3 is 20.7 Å². The molecule has 0 aromatic rings. The molecule has 2 aliphatic rings. The number of nitrogens with one attached hydrogen (secondary N) is 1. The Hall–Kier alpha value is -1.14. The Morgan fingerprint density at radius 1 is 1.37 bits per heavy atom. The lowest BCUT2D eigenvalue weighted by molar-refractivity contribution is -0.139. The van der Waals surface area contributed by atoms with E-state index < -0.39 is 6.04 Å². The van der Waals surface area contributed by atoms with Crippen LogP contribution in [0.15, 0.2) is 0 Å². The lowest BCUT2D eigenvalue weighted by Gasteiger charge is -2.29. The minimum absolute atomic E-state index is 0.0448. The first-order valence-electron chi connectivity index (χ1n) is 6.99. The van der Waals surface area contributed by atoms with E-state index in [1.165, 1.54) is 0 Å². The maximum absolute atomic E-state index is 12.1. The van der Waals surface area contributed by atoms with E-state index in [1.54, 1.807) is 11.8 Å². The number of morpholine rings is 1. The van der Waals surface area contributed by atoms with Crippen molar-refractivity contribution in [1.82, 2.24) is 10.2 Å². The normalized spacial score (nSPS) is 22.7. The fraction of sp³-hybridized carbons (Fsp3) is 0.846. The van der Waals surface area contributed by atoms with E-state index in [1.807, 2.05) is 0 Å². The first-order chi connectivity index (χ1) is 9.08. The van der Waals surface area contributed by atoms with Crippen LogP contribution in [0.2, 0.25) is 0 Å². The van der Waals surface area contributed by atoms with Gasteiger partial charge in [0.05, 0.1) is 13.2 Å². The van der Waals surface area contributed by atoms with E-state index in [0.717, 1.165) is 12.8 Å². The first-order valence-corrected chi connectivity index (χ1v) is 6.99. The molecule has 108 valence electrons. The van der Waals surface area contributed by atoms with Gasteiger partial charge in [0.25, 0.3) is 0 Å². The summed E-state index contributed by atoms with van der Waals surface area (Å²) in [5, 5.41) is 2.74. The largest absolute Gasteiger partial charge is 0.378 e. The van der Waals surface area contributed by atoms with E-state index in [4.69, 9.17) is 10.5 Å². The van der Waals surface area contributed by atoms with Crippen LogP contribution in [0.1, 0.15) is 26.2 Å². The Morgan fingerprint density at radius 3 is 2.58 bits per heavy atom. The number of carbonyl (C=O) groups is 2. The summed E-state index contributed by atoms with van der Waals surface area (Å²) < 4.78 is 5.20. The summed E-state index contributed by atoms with van der Waals surface area (Å²) in [6, 6.07) is -0.553. The number of hydrogen-bond acceptors (Lipinski definition) is 4. The average molecular weight is 269 g/mol. The molecule has 0 bridgehead atoms. The third-order valence-corrected chi connectivity index (χ3v) is 3.72. The molecule has 1 saturated carbocycles. The fourth-order valence-electron chi connectivity index (χ4n) is 2.32. The van der Waals surface area contributed by atoms with Gasteiger partial charge in [-0.25, -0.2) is 0 Å². The molecule has 19 heavy (non-hydrogen) atoms. The quantitative estimate of drug-likeness (QED) is 0.703. The maximum Gasteiger partial charge on any atom is 0.245 e. The molecule has 1 heterocycles. The third-order valence-electron chi connectivity index (χ3n) is 3.72. The topological polar surface area (TPSA) is 84.7 Å². The summed E-state index contributed by atoms with van der Waals surface area (Å²) in [5.41, 5.74) is 5.90. The smallest absolute Gasteiger partial charge is 0.245 e. The standard InChI is InChI=1S/C13H23N3O3/c1-9(13(18)16-4-6-19-7-5-16)15-12(17)8-11(14)10-2-3-10/h9-11H,2-8,14H2,1H3,(H,15,17). The van der Waals surface area contributed by atoms with E-state index in [-0.39, 0.29) is 17.9 Å². The summed E-state index contributed by atoms with van der Waals surface area (Å²) in [7, 11) is 0. The predicted molar refractivity (Wildman–Crippen MR) is 70.3 cm³/mol. The van der Waals surface area contributed by atoms with Crippen LogP contribution in [-0.4, -0.2) is 55.1 Å². The maximum atomic E-state index is 12.1. The zero-order valence-electron chi connectivity index (χ0n) is 11.4. The van der Waals surface area contributed by atoms with Crippen molar-refractivity contribution < 1.29 is 14.3 Å². The molecule has 1 saturated heterocycles. The van der Waals surface area contributed by atoms with Gasteiger partial charge in [-0.1, -0.05) is 0 Å². The molecule has 0 spiro atoms. The third kappa shape index (κ3) is 4.18. The molecule has 0 radical (unpaired) electrons. The van der Waals surface area contributed by atoms with Crippen molar-refractivity contribution in [3.05, 3.63) is 0 Å². The second-order valence-corrected chi connectivity index (χ2v) is 5.43. The lowest BCUT2D eigenvalue weighted by Crippen LogP contribution is -2.51. The highest BCUT2D eigenvalue weighted by molar-refractivity contribution is 5.87. The van der Waals surface area contributed by atoms with Crippen molar-refractivity contribution in [2.75, 3.05) is 26.3 Å². The molecule has 6 nitrogen and oxygen atoms in total. The Morgan fingerprint density at radius 2 is 2.00 bits per heavy atom. The number of hydrogen-bond donors (Lipinski definition) is 2. The number of ether oxygens (including phenoxy) is 1. The van der Waals surface area contributed by atoms with Crippen molar-refractivity contribution in [2.45, 2.75) is 38.3 Å². The highest BCUT2D eigenvalue weighted by Gasteiger charge is 2.31. The van der Waals surface area contributed by atoms with Gasteiger partial charge in [0.2, 0.25) is 11.8 Å². The zero-order chi connectivity index (χ0) is 13.8. The number of rotatable bonds is 5. The number of carbonyl (C=O) groups excluding carboxylic acids is 2. The van der Waals surface area contributed by atoms with Crippen molar-refractivity contribution >= 4 is 11.8 Å². The molecule has 3 N–H and O–H groups in total. The summed E-state index contributed by atoms with van der Waals surface area (Å²) in [5.74, 6) is 0.321. The molecule has 2 unspecified atom stereocenters. The van der Waals surface area contributed by atoms with Gasteiger partial charge in [-0.15, -0.1) is 0 Å². The monoisotopic (exact) mass is 269 g/mol. The second kappa shape index (κ2) is 6.34. The van der Waals surface area contributed by atoms with Crippen molar-refractivity contribution in [3.8, 4) is 0 Å². The Kier molecular flexibility index (Phi) is 4.76. The van der Waals surface area contributed by atoms with Gasteiger partial charge in [-0.3, -0.25) is 9.59 Å². The number of nitrogens with two attached hydrogens (primary N) is 1. The van der Waals surface area contributed by atoms with Gasteiger partial charge in [0.15, 0.2) is 0 Å². The SMILES string of the molecule is CC(NC(=O)CC(N)C1CC1)C(=O)N1CCOCC1. The molecule has 1 aliphatic heterocycles. The molecule has 2 fully saturated rings. The van der Waals surface area contributed by atoms with Crippen LogP contribution < -0.4 is 11.1 Å².